The van der Waals surface area contributed by atoms with Gasteiger partial charge in [0.25, 0.3) is 0 Å². The lowest BCUT2D eigenvalue weighted by atomic mass is 10.1. The van der Waals surface area contributed by atoms with Crippen LogP contribution >= 0.6 is 35.6 Å². The van der Waals surface area contributed by atoms with Crippen molar-refractivity contribution in [2.45, 2.75) is 20.5 Å². The number of benzene rings is 3. The summed E-state index contributed by atoms with van der Waals surface area (Å²) in [6.45, 7) is 3.57. The van der Waals surface area contributed by atoms with Gasteiger partial charge in [0, 0.05) is 40.1 Å². The number of hydrogen-bond donors (Lipinski definition) is 3. The maximum atomic E-state index is 12.9. The van der Waals surface area contributed by atoms with Gasteiger partial charge in [0.05, 0.1) is 23.9 Å². The highest BCUT2D eigenvalue weighted by Gasteiger charge is 2.20. The summed E-state index contributed by atoms with van der Waals surface area (Å²) in [5.41, 5.74) is 3.33. The van der Waals surface area contributed by atoms with Gasteiger partial charge in [-0.05, 0) is 56.3 Å². The topological polar surface area (TPSA) is 122 Å². The second-order valence-corrected chi connectivity index (χ2v) is 9.90. The average Bonchev–Trinajstić information content (AvgIpc) is 2.96. The van der Waals surface area contributed by atoms with Crippen molar-refractivity contribution < 1.29 is 23.9 Å². The highest BCUT2D eigenvalue weighted by molar-refractivity contribution is 6.38. The molecule has 0 radical (unpaired) electrons. The minimum atomic E-state index is -0.611. The number of aromatic nitrogens is 1. The first-order valence-corrected chi connectivity index (χ1v) is 13.7. The van der Waals surface area contributed by atoms with Crippen LogP contribution in [0, 0.1) is 6.92 Å². The second kappa shape index (κ2) is 15.3. The molecular formula is C30H30Cl3N5O5. The first-order valence-electron chi connectivity index (χ1n) is 13.0. The van der Waals surface area contributed by atoms with Crippen LogP contribution in [0.15, 0.2) is 66.7 Å². The van der Waals surface area contributed by atoms with Crippen molar-refractivity contribution in [1.29, 1.82) is 0 Å². The van der Waals surface area contributed by atoms with Crippen molar-refractivity contribution in [3.05, 3.63) is 88.0 Å². The SMILES string of the molecule is CCOC(=O)Nc1cccc(NC(=O)NCC(=O)N(C)c2ccc(Cl)c(COc3cccc4ccc(C)nc34)c2Cl)c1.Cl. The zero-order valence-corrected chi connectivity index (χ0v) is 25.9. The first kappa shape index (κ1) is 33.3. The molecule has 0 aliphatic rings. The molecule has 43 heavy (non-hydrogen) atoms. The Kier molecular flexibility index (Phi) is 11.8. The Labute approximate surface area is 265 Å². The molecule has 3 aromatic carbocycles. The number of halogens is 3. The average molecular weight is 647 g/mol. The van der Waals surface area contributed by atoms with Crippen LogP contribution < -0.4 is 25.6 Å². The third-order valence-electron chi connectivity index (χ3n) is 6.14. The van der Waals surface area contributed by atoms with E-state index in [1.165, 1.54) is 4.90 Å². The number of carbonyl (C=O) groups is 3. The number of pyridine rings is 1. The van der Waals surface area contributed by atoms with Gasteiger partial charge in [0.1, 0.15) is 17.9 Å². The molecule has 0 aliphatic carbocycles. The van der Waals surface area contributed by atoms with Gasteiger partial charge >= 0.3 is 12.1 Å². The predicted molar refractivity (Wildman–Crippen MR) is 172 cm³/mol. The molecule has 1 aromatic heterocycles. The molecule has 13 heteroatoms. The van der Waals surface area contributed by atoms with Crippen LogP contribution in [0.5, 0.6) is 5.75 Å². The number of ether oxygens (including phenoxy) is 2. The molecule has 3 N–H and O–H groups in total. The number of fused-ring (bicyclic) bond motifs is 1. The largest absolute Gasteiger partial charge is 0.487 e. The maximum absolute atomic E-state index is 12.9. The van der Waals surface area contributed by atoms with E-state index < -0.39 is 18.0 Å². The smallest absolute Gasteiger partial charge is 0.411 e. The minimum absolute atomic E-state index is 0. The summed E-state index contributed by atoms with van der Waals surface area (Å²) in [6.07, 6.45) is -0.607. The fourth-order valence-corrected chi connectivity index (χ4v) is 4.61. The Balaban J connectivity index is 0.00000506. The van der Waals surface area contributed by atoms with Crippen molar-refractivity contribution in [2.24, 2.45) is 0 Å². The maximum Gasteiger partial charge on any atom is 0.411 e. The van der Waals surface area contributed by atoms with Gasteiger partial charge in [-0.25, -0.2) is 14.6 Å². The lowest BCUT2D eigenvalue weighted by molar-refractivity contribution is -0.117. The van der Waals surface area contributed by atoms with E-state index in [1.54, 1.807) is 50.4 Å². The Morgan fingerprint density at radius 2 is 1.67 bits per heavy atom. The molecule has 0 aliphatic heterocycles. The molecule has 4 amide bonds. The number of likely N-dealkylation sites (N-methyl/N-ethyl adjacent to an activating group) is 1. The monoisotopic (exact) mass is 645 g/mol. The predicted octanol–water partition coefficient (Wildman–Crippen LogP) is 7.20. The van der Waals surface area contributed by atoms with Crippen LogP contribution in [-0.4, -0.2) is 43.2 Å². The second-order valence-electron chi connectivity index (χ2n) is 9.11. The van der Waals surface area contributed by atoms with E-state index in [4.69, 9.17) is 32.7 Å². The van der Waals surface area contributed by atoms with Gasteiger partial charge in [-0.15, -0.1) is 12.4 Å². The van der Waals surface area contributed by atoms with Gasteiger partial charge in [-0.1, -0.05) is 47.5 Å². The molecule has 0 spiro atoms. The lowest BCUT2D eigenvalue weighted by Gasteiger charge is -2.21. The van der Waals surface area contributed by atoms with Gasteiger partial charge in [0.15, 0.2) is 0 Å². The Bertz CT molecular complexity index is 1640. The van der Waals surface area contributed by atoms with Gasteiger partial charge in [-0.3, -0.25) is 10.1 Å². The number of hydrogen-bond acceptors (Lipinski definition) is 6. The van der Waals surface area contributed by atoms with E-state index in [0.29, 0.717) is 33.4 Å². The summed E-state index contributed by atoms with van der Waals surface area (Å²) in [4.78, 5) is 42.9. The number of para-hydroxylation sites is 1. The summed E-state index contributed by atoms with van der Waals surface area (Å²) in [5, 5.41) is 9.26. The van der Waals surface area contributed by atoms with E-state index >= 15 is 0 Å². The number of nitrogens with one attached hydrogen (secondary N) is 3. The molecule has 4 rings (SSSR count). The molecule has 0 atom stereocenters. The molecular weight excluding hydrogens is 617 g/mol. The summed E-state index contributed by atoms with van der Waals surface area (Å²) in [5.74, 6) is 0.156. The number of rotatable bonds is 9. The molecule has 0 saturated carbocycles. The Morgan fingerprint density at radius 1 is 0.953 bits per heavy atom. The molecule has 0 bridgehead atoms. The number of anilines is 3. The first-order chi connectivity index (χ1) is 20.2. The van der Waals surface area contributed by atoms with Crippen molar-refractivity contribution in [1.82, 2.24) is 10.3 Å². The summed E-state index contributed by atoms with van der Waals surface area (Å²) >= 11 is 13.1. The Hall–Kier alpha value is -4.25. The highest BCUT2D eigenvalue weighted by Crippen LogP contribution is 2.35. The number of aryl methyl sites for hydroxylation is 1. The van der Waals surface area contributed by atoms with Crippen LogP contribution in [0.2, 0.25) is 10.0 Å². The molecule has 1 heterocycles. The zero-order valence-electron chi connectivity index (χ0n) is 23.6. The number of carbonyl (C=O) groups excluding carboxylic acids is 3. The van der Waals surface area contributed by atoms with Crippen LogP contribution in [0.3, 0.4) is 0 Å². The minimum Gasteiger partial charge on any atom is -0.487 e. The molecule has 0 fully saturated rings. The molecule has 0 saturated heterocycles. The highest BCUT2D eigenvalue weighted by atomic mass is 35.5. The van der Waals surface area contributed by atoms with Crippen LogP contribution in [0.4, 0.5) is 26.7 Å². The van der Waals surface area contributed by atoms with E-state index in [-0.39, 0.29) is 37.2 Å². The number of nitrogens with zero attached hydrogens (tertiary/aromatic N) is 2. The molecule has 226 valence electrons. The fraction of sp³-hybridized carbons (Fsp3) is 0.200. The quantitative estimate of drug-likeness (QED) is 0.177. The van der Waals surface area contributed by atoms with Crippen LogP contribution in [0.25, 0.3) is 10.9 Å². The van der Waals surface area contributed by atoms with Crippen LogP contribution in [0.1, 0.15) is 18.2 Å². The molecule has 4 aromatic rings. The summed E-state index contributed by atoms with van der Waals surface area (Å²) in [7, 11) is 1.55. The molecule has 0 unspecified atom stereocenters. The van der Waals surface area contributed by atoms with Crippen molar-refractivity contribution >= 4 is 81.6 Å². The van der Waals surface area contributed by atoms with E-state index in [2.05, 4.69) is 20.9 Å². The fourth-order valence-electron chi connectivity index (χ4n) is 4.00. The molecule has 10 nitrogen and oxygen atoms in total. The third-order valence-corrected chi connectivity index (χ3v) is 6.91. The van der Waals surface area contributed by atoms with Gasteiger partial charge in [-0.2, -0.15) is 0 Å². The van der Waals surface area contributed by atoms with Gasteiger partial charge < -0.3 is 25.0 Å². The summed E-state index contributed by atoms with van der Waals surface area (Å²) in [6, 6.07) is 18.7. The van der Waals surface area contributed by atoms with E-state index in [0.717, 1.165) is 16.6 Å². The number of urea groups is 1. The van der Waals surface area contributed by atoms with E-state index in [1.807, 2.05) is 37.3 Å². The standard InChI is InChI=1S/C30H29Cl2N5O5.ClH/c1-4-41-30(40)36-21-9-6-8-20(15-21)35-29(39)33-16-26(38)37(3)24-14-13-23(31)22(27(24)32)17-42-25-10-5-7-19-12-11-18(2)34-28(19)25;/h5-15H,4,16-17H2,1-3H3,(H,36,40)(H2,33,35,39);1H. The lowest BCUT2D eigenvalue weighted by Crippen LogP contribution is -2.40. The zero-order chi connectivity index (χ0) is 30.2. The van der Waals surface area contributed by atoms with E-state index in [9.17, 15) is 14.4 Å². The Morgan fingerprint density at radius 3 is 2.42 bits per heavy atom. The number of amides is 4. The third kappa shape index (κ3) is 8.63. The van der Waals surface area contributed by atoms with Crippen molar-refractivity contribution in [2.75, 3.05) is 35.7 Å². The van der Waals surface area contributed by atoms with Crippen molar-refractivity contribution in [3.8, 4) is 5.75 Å². The van der Waals surface area contributed by atoms with Gasteiger partial charge in [0.2, 0.25) is 5.91 Å². The normalized spacial score (nSPS) is 10.3. The van der Waals surface area contributed by atoms with Crippen LogP contribution in [-0.2, 0) is 16.1 Å². The van der Waals surface area contributed by atoms with Crippen molar-refractivity contribution in [3.63, 3.8) is 0 Å². The summed E-state index contributed by atoms with van der Waals surface area (Å²) < 4.78 is 10.9.